The summed E-state index contributed by atoms with van der Waals surface area (Å²) in [7, 11) is 0. The lowest BCUT2D eigenvalue weighted by molar-refractivity contribution is 0.660. The summed E-state index contributed by atoms with van der Waals surface area (Å²) in [5, 5.41) is 7.27. The Labute approximate surface area is 387 Å². The number of benzene rings is 10. The minimum atomic E-state index is -0.254. The number of anilines is 3. The van der Waals surface area contributed by atoms with Crippen molar-refractivity contribution >= 4 is 82.6 Å². The number of hydrogen-bond acceptors (Lipinski definition) is 2. The van der Waals surface area contributed by atoms with Gasteiger partial charge in [0.05, 0.1) is 22.1 Å². The van der Waals surface area contributed by atoms with Crippen LogP contribution in [0.2, 0.25) is 0 Å². The van der Waals surface area contributed by atoms with Crippen LogP contribution in [0.25, 0.3) is 99.2 Å². The Hall–Kier alpha value is -8.60. The predicted octanol–water partition coefficient (Wildman–Crippen LogP) is 17.2. The average Bonchev–Trinajstić information content (AvgIpc) is 4.09. The molecule has 4 nitrogen and oxygen atoms in total. The first-order valence-corrected chi connectivity index (χ1v) is 23.2. The smallest absolute Gasteiger partial charge is 0.137 e. The van der Waals surface area contributed by atoms with Gasteiger partial charge in [-0.05, 0) is 130 Å². The molecule has 3 aromatic heterocycles. The molecule has 67 heavy (non-hydrogen) atoms. The van der Waals surface area contributed by atoms with Gasteiger partial charge in [0.1, 0.15) is 11.2 Å². The molecule has 0 amide bonds. The van der Waals surface area contributed by atoms with E-state index in [1.807, 2.05) is 6.07 Å². The molecule has 0 N–H and O–H groups in total. The maximum absolute atomic E-state index is 6.50. The number of rotatable bonds is 6. The molecule has 0 unspecified atom stereocenters. The Bertz CT molecular complexity index is 4080. The topological polar surface area (TPSA) is 26.2 Å². The highest BCUT2D eigenvalue weighted by molar-refractivity contribution is 6.11. The second kappa shape index (κ2) is 14.2. The quantitative estimate of drug-likeness (QED) is 0.167. The summed E-state index contributed by atoms with van der Waals surface area (Å²) in [6.07, 6.45) is 0. The molecule has 0 saturated carbocycles. The Morgan fingerprint density at radius 3 is 1.57 bits per heavy atom. The van der Waals surface area contributed by atoms with Gasteiger partial charge in [0.15, 0.2) is 0 Å². The number of hydrogen-bond donors (Lipinski definition) is 0. The molecule has 14 rings (SSSR count). The SMILES string of the molecule is CC1(C)c2cc(N(c3ccc(-c4ccc5c(c4)c4ccccc4n5-c4ccccc4)cc3)c3ccc4c(c3)oc3ccccc34)ccc2-c2ccc(-n3c4ccccc4c4ccccc43)cc21. The highest BCUT2D eigenvalue weighted by atomic mass is 16.3. The minimum absolute atomic E-state index is 0.254. The van der Waals surface area contributed by atoms with Crippen molar-refractivity contribution in [2.24, 2.45) is 0 Å². The van der Waals surface area contributed by atoms with E-state index in [-0.39, 0.29) is 5.41 Å². The van der Waals surface area contributed by atoms with Crippen molar-refractivity contribution in [3.05, 3.63) is 236 Å². The molecule has 0 atom stereocenters. The zero-order chi connectivity index (χ0) is 44.4. The molecule has 0 fully saturated rings. The van der Waals surface area contributed by atoms with E-state index in [0.29, 0.717) is 0 Å². The van der Waals surface area contributed by atoms with E-state index in [9.17, 15) is 0 Å². The number of nitrogens with zero attached hydrogens (tertiary/aromatic N) is 3. The molecule has 0 spiro atoms. The molecule has 13 aromatic rings. The number of furan rings is 1. The summed E-state index contributed by atoms with van der Waals surface area (Å²) >= 11 is 0. The fourth-order valence-corrected chi connectivity index (χ4v) is 11.3. The highest BCUT2D eigenvalue weighted by Gasteiger charge is 2.37. The maximum Gasteiger partial charge on any atom is 0.137 e. The monoisotopic (exact) mass is 857 g/mol. The molecule has 0 aliphatic heterocycles. The van der Waals surface area contributed by atoms with Gasteiger partial charge in [-0.25, -0.2) is 0 Å². The molecule has 316 valence electrons. The zero-order valence-electron chi connectivity index (χ0n) is 37.1. The Balaban J connectivity index is 0.885. The van der Waals surface area contributed by atoms with Gasteiger partial charge in [0.25, 0.3) is 0 Å². The van der Waals surface area contributed by atoms with E-state index in [1.165, 1.54) is 82.7 Å². The van der Waals surface area contributed by atoms with Crippen molar-refractivity contribution < 1.29 is 4.42 Å². The normalized spacial score (nSPS) is 13.0. The minimum Gasteiger partial charge on any atom is -0.456 e. The lowest BCUT2D eigenvalue weighted by Crippen LogP contribution is -2.17. The van der Waals surface area contributed by atoms with Crippen molar-refractivity contribution in [3.8, 4) is 33.6 Å². The second-order valence-electron chi connectivity index (χ2n) is 18.5. The van der Waals surface area contributed by atoms with Crippen LogP contribution in [0.15, 0.2) is 229 Å². The van der Waals surface area contributed by atoms with Gasteiger partial charge >= 0.3 is 0 Å². The molecular formula is C63H43N3O. The van der Waals surface area contributed by atoms with Gasteiger partial charge < -0.3 is 18.5 Å². The van der Waals surface area contributed by atoms with E-state index in [4.69, 9.17) is 4.42 Å². The van der Waals surface area contributed by atoms with Gasteiger partial charge in [-0.1, -0.05) is 135 Å². The molecule has 0 bridgehead atoms. The third-order valence-electron chi connectivity index (χ3n) is 14.5. The van der Waals surface area contributed by atoms with Gasteiger partial charge in [0.2, 0.25) is 0 Å². The first-order chi connectivity index (χ1) is 33.0. The largest absolute Gasteiger partial charge is 0.456 e. The van der Waals surface area contributed by atoms with Crippen LogP contribution in [0.4, 0.5) is 17.1 Å². The van der Waals surface area contributed by atoms with Gasteiger partial charge in [-0.3, -0.25) is 0 Å². The first kappa shape index (κ1) is 37.7. The molecule has 0 saturated heterocycles. The van der Waals surface area contributed by atoms with Crippen LogP contribution in [-0.2, 0) is 5.41 Å². The summed E-state index contributed by atoms with van der Waals surface area (Å²) in [6.45, 7) is 4.76. The summed E-state index contributed by atoms with van der Waals surface area (Å²) in [5.41, 5.74) is 19.5. The summed E-state index contributed by atoms with van der Waals surface area (Å²) in [4.78, 5) is 2.38. The summed E-state index contributed by atoms with van der Waals surface area (Å²) in [6, 6.07) is 81.9. The summed E-state index contributed by atoms with van der Waals surface area (Å²) in [5.74, 6) is 0. The van der Waals surface area contributed by atoms with Gasteiger partial charge in [-0.15, -0.1) is 0 Å². The Morgan fingerprint density at radius 1 is 0.343 bits per heavy atom. The van der Waals surface area contributed by atoms with Crippen molar-refractivity contribution in [3.63, 3.8) is 0 Å². The van der Waals surface area contributed by atoms with Crippen LogP contribution < -0.4 is 4.90 Å². The molecule has 1 aliphatic rings. The zero-order valence-corrected chi connectivity index (χ0v) is 37.1. The van der Waals surface area contributed by atoms with Crippen molar-refractivity contribution in [1.82, 2.24) is 9.13 Å². The summed E-state index contributed by atoms with van der Waals surface area (Å²) < 4.78 is 11.3. The molecule has 1 aliphatic carbocycles. The van der Waals surface area contributed by atoms with Crippen molar-refractivity contribution in [2.45, 2.75) is 19.3 Å². The molecule has 0 radical (unpaired) electrons. The van der Waals surface area contributed by atoms with Crippen molar-refractivity contribution in [1.29, 1.82) is 0 Å². The van der Waals surface area contributed by atoms with Crippen LogP contribution in [0.1, 0.15) is 25.0 Å². The van der Waals surface area contributed by atoms with Gasteiger partial charge in [0, 0.05) is 72.2 Å². The van der Waals surface area contributed by atoms with Crippen LogP contribution in [0, 0.1) is 0 Å². The molecular weight excluding hydrogens is 815 g/mol. The van der Waals surface area contributed by atoms with Crippen LogP contribution >= 0.6 is 0 Å². The van der Waals surface area contributed by atoms with E-state index >= 15 is 0 Å². The fourth-order valence-electron chi connectivity index (χ4n) is 11.3. The van der Waals surface area contributed by atoms with Crippen LogP contribution in [0.3, 0.4) is 0 Å². The number of aromatic nitrogens is 2. The van der Waals surface area contributed by atoms with Crippen molar-refractivity contribution in [2.75, 3.05) is 4.90 Å². The third-order valence-corrected chi connectivity index (χ3v) is 14.5. The molecule has 3 heterocycles. The second-order valence-corrected chi connectivity index (χ2v) is 18.5. The number of para-hydroxylation sites is 5. The Morgan fingerprint density at radius 2 is 0.851 bits per heavy atom. The third kappa shape index (κ3) is 5.60. The van der Waals surface area contributed by atoms with Gasteiger partial charge in [-0.2, -0.15) is 0 Å². The average molecular weight is 858 g/mol. The molecule has 4 heteroatoms. The molecule has 10 aromatic carbocycles. The fraction of sp³-hybridized carbons (Fsp3) is 0.0476. The highest BCUT2D eigenvalue weighted by Crippen LogP contribution is 2.52. The van der Waals surface area contributed by atoms with Crippen LogP contribution in [0.5, 0.6) is 0 Å². The Kier molecular flexibility index (Phi) is 8.00. The van der Waals surface area contributed by atoms with Crippen LogP contribution in [-0.4, -0.2) is 9.13 Å². The first-order valence-electron chi connectivity index (χ1n) is 23.2. The lowest BCUT2D eigenvalue weighted by Gasteiger charge is -2.28. The predicted molar refractivity (Wildman–Crippen MR) is 280 cm³/mol. The van der Waals surface area contributed by atoms with E-state index in [2.05, 4.69) is 246 Å². The van der Waals surface area contributed by atoms with E-state index in [0.717, 1.165) is 44.7 Å². The van der Waals surface area contributed by atoms with E-state index < -0.39 is 0 Å². The lowest BCUT2D eigenvalue weighted by atomic mass is 9.82. The number of fused-ring (bicyclic) bond motifs is 12. The standard InChI is InChI=1S/C63H43N3O/c1-63(2)55-37-44(29-32-47(55)48-33-30-45(38-56(48)63)66-57-20-10-6-16-49(57)50-17-7-11-21-58(50)66)64(46-31-34-53-52-19-9-13-23-61(52)67-62(53)39-46)43-27-24-40(25-28-43)41-26-35-60-54(36-41)51-18-8-12-22-59(51)65(60)42-14-4-3-5-15-42/h3-39H,1-2H3. The maximum atomic E-state index is 6.50. The van der Waals surface area contributed by atoms with E-state index in [1.54, 1.807) is 0 Å².